The molecule has 1 saturated carbocycles. The van der Waals surface area contributed by atoms with E-state index in [2.05, 4.69) is 20.5 Å². The Morgan fingerprint density at radius 3 is 2.47 bits per heavy atom. The van der Waals surface area contributed by atoms with Crippen LogP contribution in [0, 0.1) is 19.8 Å². The number of hydrogen-bond donors (Lipinski definition) is 4. The Labute approximate surface area is 174 Å². The number of esters is 1. The maximum absolute atomic E-state index is 12.3. The lowest BCUT2D eigenvalue weighted by molar-refractivity contribution is -0.141. The third-order valence-electron chi connectivity index (χ3n) is 5.14. The predicted molar refractivity (Wildman–Crippen MR) is 105 cm³/mol. The summed E-state index contributed by atoms with van der Waals surface area (Å²) in [5.74, 6) is -1.47. The van der Waals surface area contributed by atoms with Gasteiger partial charge in [-0.2, -0.15) is 5.10 Å². The number of nitrogens with zero attached hydrogens (tertiary/aromatic N) is 2. The Hall–Kier alpha value is -2.95. The summed E-state index contributed by atoms with van der Waals surface area (Å²) in [6.45, 7) is 3.42. The Bertz CT molecular complexity index is 762. The van der Waals surface area contributed by atoms with Crippen molar-refractivity contribution < 1.29 is 34.1 Å². The van der Waals surface area contributed by atoms with Crippen LogP contribution in [0.3, 0.4) is 0 Å². The fraction of sp³-hybridized carbons (Fsp3) is 0.632. The lowest BCUT2D eigenvalue weighted by Gasteiger charge is -2.16. The van der Waals surface area contributed by atoms with Gasteiger partial charge in [0, 0.05) is 25.1 Å². The fourth-order valence-electron chi connectivity index (χ4n) is 3.46. The van der Waals surface area contributed by atoms with Crippen molar-refractivity contribution in [3.63, 3.8) is 0 Å². The molecule has 0 aromatic carbocycles. The highest BCUT2D eigenvalue weighted by Gasteiger charge is 2.37. The maximum Gasteiger partial charge on any atom is 0.325 e. The van der Waals surface area contributed by atoms with Crippen LogP contribution in [0.4, 0.5) is 0 Å². The Morgan fingerprint density at radius 1 is 1.30 bits per heavy atom. The Kier molecular flexibility index (Phi) is 9.96. The number of carboxylic acid groups (broad SMARTS) is 1. The molecule has 2 amide bonds. The molecule has 2 rings (SSSR count). The fourth-order valence-corrected chi connectivity index (χ4v) is 3.46. The van der Waals surface area contributed by atoms with Gasteiger partial charge in [-0.1, -0.05) is 0 Å². The summed E-state index contributed by atoms with van der Waals surface area (Å²) >= 11 is 0. The van der Waals surface area contributed by atoms with E-state index in [1.54, 1.807) is 4.68 Å². The minimum atomic E-state index is -0.787. The van der Waals surface area contributed by atoms with E-state index in [-0.39, 0.29) is 37.7 Å². The highest BCUT2D eigenvalue weighted by atomic mass is 16.5. The van der Waals surface area contributed by atoms with Gasteiger partial charge in [0.05, 0.1) is 24.9 Å². The normalized spacial score (nSPS) is 20.0. The number of ether oxygens (including phenoxy) is 1. The van der Waals surface area contributed by atoms with Gasteiger partial charge in [-0.3, -0.25) is 23.9 Å². The average molecular weight is 426 g/mol. The minimum absolute atomic E-state index is 0.169. The number of carbonyl (C=O) groups excluding carboxylic acids is 3. The van der Waals surface area contributed by atoms with Crippen molar-refractivity contribution in [2.45, 2.75) is 51.7 Å². The second kappa shape index (κ2) is 11.9. The molecule has 0 radical (unpaired) electrons. The van der Waals surface area contributed by atoms with Crippen LogP contribution in [0.15, 0.2) is 0 Å². The van der Waals surface area contributed by atoms with Crippen molar-refractivity contribution >= 4 is 24.3 Å². The zero-order valence-corrected chi connectivity index (χ0v) is 17.7. The number of nitrogens with one attached hydrogen (secondary N) is 2. The molecule has 30 heavy (non-hydrogen) atoms. The van der Waals surface area contributed by atoms with E-state index >= 15 is 0 Å². The van der Waals surface area contributed by atoms with Gasteiger partial charge in [-0.25, -0.2) is 0 Å². The third-order valence-corrected chi connectivity index (χ3v) is 5.14. The second-order valence-corrected chi connectivity index (χ2v) is 7.08. The van der Waals surface area contributed by atoms with Crippen molar-refractivity contribution in [1.82, 2.24) is 20.4 Å². The van der Waals surface area contributed by atoms with E-state index in [4.69, 9.17) is 9.90 Å². The molecule has 0 spiro atoms. The number of aliphatic hydroxyl groups is 1. The quantitative estimate of drug-likeness (QED) is 0.326. The van der Waals surface area contributed by atoms with Gasteiger partial charge < -0.3 is 25.6 Å². The van der Waals surface area contributed by atoms with Crippen LogP contribution in [-0.2, 0) is 37.4 Å². The number of rotatable bonds is 7. The molecule has 0 bridgehead atoms. The minimum Gasteiger partial charge on any atom is -0.483 e. The zero-order valence-electron chi connectivity index (χ0n) is 17.7. The number of aliphatic hydroxyl groups excluding tert-OH is 1. The Balaban J connectivity index is 0.00000141. The smallest absolute Gasteiger partial charge is 0.325 e. The maximum atomic E-state index is 12.3. The van der Waals surface area contributed by atoms with Crippen LogP contribution < -0.4 is 10.6 Å². The van der Waals surface area contributed by atoms with Crippen LogP contribution in [0.5, 0.6) is 0 Å². The van der Waals surface area contributed by atoms with E-state index in [9.17, 15) is 19.5 Å². The van der Waals surface area contributed by atoms with Gasteiger partial charge in [0.2, 0.25) is 11.8 Å². The van der Waals surface area contributed by atoms with Crippen molar-refractivity contribution in [2.75, 3.05) is 13.7 Å². The highest BCUT2D eigenvalue weighted by Crippen LogP contribution is 2.26. The van der Waals surface area contributed by atoms with Crippen LogP contribution in [0.1, 0.15) is 36.2 Å². The number of carbonyl (C=O) groups is 4. The summed E-state index contributed by atoms with van der Waals surface area (Å²) in [6.07, 6.45) is 0.660. The molecule has 0 saturated heterocycles. The Morgan fingerprint density at radius 2 is 1.93 bits per heavy atom. The summed E-state index contributed by atoms with van der Waals surface area (Å²) in [5.41, 5.74) is 2.99. The first-order chi connectivity index (χ1) is 14.1. The van der Waals surface area contributed by atoms with E-state index in [1.165, 1.54) is 7.11 Å². The van der Waals surface area contributed by atoms with E-state index < -0.39 is 24.0 Å². The lowest BCUT2D eigenvalue weighted by atomic mass is 10.1. The van der Waals surface area contributed by atoms with Crippen molar-refractivity contribution in [2.24, 2.45) is 13.0 Å². The summed E-state index contributed by atoms with van der Waals surface area (Å²) in [4.78, 5) is 43.8. The number of aromatic nitrogens is 2. The molecule has 4 N–H and O–H groups in total. The molecule has 1 heterocycles. The van der Waals surface area contributed by atoms with Crippen molar-refractivity contribution in [1.29, 1.82) is 0 Å². The van der Waals surface area contributed by atoms with Gasteiger partial charge in [0.1, 0.15) is 6.54 Å². The molecule has 1 aromatic heterocycles. The van der Waals surface area contributed by atoms with Gasteiger partial charge in [0.25, 0.3) is 6.47 Å². The topological polar surface area (TPSA) is 160 Å². The number of methoxy groups -OCH3 is 1. The molecular formula is C19H30N4O7. The molecule has 11 heteroatoms. The first-order valence-electron chi connectivity index (χ1n) is 9.53. The predicted octanol–water partition coefficient (Wildman–Crippen LogP) is -0.785. The second-order valence-electron chi connectivity index (χ2n) is 7.08. The van der Waals surface area contributed by atoms with Crippen molar-refractivity contribution in [3.8, 4) is 0 Å². The summed E-state index contributed by atoms with van der Waals surface area (Å²) in [6, 6.07) is -0.470. The average Bonchev–Trinajstić information content (AvgIpc) is 3.17. The standard InChI is InChI=1S/C18H28N4O5.CH2O2/c1-10-13(11(2)22(3)21-10)5-6-16(24)20-14-7-12(8-15(14)23)18(26)19-9-17(25)27-4;2-1-3/h12,14-15,23H,5-9H2,1-4H3,(H,19,26)(H,20,24);1H,(H,2,3)/t12-,14-,15-;/m0./s1. The van der Waals surface area contributed by atoms with E-state index in [0.29, 0.717) is 12.8 Å². The summed E-state index contributed by atoms with van der Waals surface area (Å²) < 4.78 is 6.27. The van der Waals surface area contributed by atoms with Gasteiger partial charge in [-0.05, 0) is 38.7 Å². The number of aryl methyl sites for hydroxylation is 2. The van der Waals surface area contributed by atoms with Gasteiger partial charge >= 0.3 is 5.97 Å². The van der Waals surface area contributed by atoms with Crippen LogP contribution in [-0.4, -0.2) is 70.0 Å². The molecule has 1 aliphatic carbocycles. The van der Waals surface area contributed by atoms with Crippen LogP contribution in [0.2, 0.25) is 0 Å². The highest BCUT2D eigenvalue weighted by molar-refractivity contribution is 5.84. The first kappa shape index (κ1) is 25.1. The van der Waals surface area contributed by atoms with Crippen molar-refractivity contribution in [3.05, 3.63) is 17.0 Å². The molecule has 11 nitrogen and oxygen atoms in total. The van der Waals surface area contributed by atoms with E-state index in [0.717, 1.165) is 17.0 Å². The van der Waals surface area contributed by atoms with Gasteiger partial charge in [0.15, 0.2) is 0 Å². The molecule has 3 atom stereocenters. The van der Waals surface area contributed by atoms with Crippen LogP contribution >= 0.6 is 0 Å². The molecule has 0 unspecified atom stereocenters. The molecule has 1 fully saturated rings. The molecule has 0 aliphatic heterocycles. The van der Waals surface area contributed by atoms with Crippen LogP contribution in [0.25, 0.3) is 0 Å². The zero-order chi connectivity index (χ0) is 22.8. The number of hydrogen-bond acceptors (Lipinski definition) is 7. The number of amides is 2. The third kappa shape index (κ3) is 7.14. The summed E-state index contributed by atoms with van der Waals surface area (Å²) in [7, 11) is 3.11. The molecule has 1 aliphatic rings. The van der Waals surface area contributed by atoms with Gasteiger partial charge in [-0.15, -0.1) is 0 Å². The molecule has 1 aromatic rings. The first-order valence-corrected chi connectivity index (χ1v) is 9.53. The largest absolute Gasteiger partial charge is 0.483 e. The monoisotopic (exact) mass is 426 g/mol. The summed E-state index contributed by atoms with van der Waals surface area (Å²) in [5, 5.41) is 26.7. The molecule has 168 valence electrons. The molecular weight excluding hydrogens is 396 g/mol. The SMILES string of the molecule is COC(=O)CNC(=O)[C@H]1C[C@H](NC(=O)CCc2c(C)nn(C)c2C)[C@@H](O)C1.O=CO. The van der Waals surface area contributed by atoms with E-state index in [1.807, 2.05) is 20.9 Å². The lowest BCUT2D eigenvalue weighted by Crippen LogP contribution is -2.40.